The number of aliphatic hydroxyl groups is 1. The number of aliphatic hydroxyl groups excluding tert-OH is 1. The van der Waals surface area contributed by atoms with Crippen LogP contribution in [0.1, 0.15) is 63.0 Å². The Morgan fingerprint density at radius 1 is 1.03 bits per heavy atom. The van der Waals surface area contributed by atoms with Crippen molar-refractivity contribution in [3.8, 4) is 22.4 Å². The van der Waals surface area contributed by atoms with Gasteiger partial charge in [0, 0.05) is 30.5 Å². The van der Waals surface area contributed by atoms with Gasteiger partial charge in [-0.15, -0.1) is 0 Å². The van der Waals surface area contributed by atoms with Crippen molar-refractivity contribution in [2.24, 2.45) is 5.92 Å². The molecule has 2 unspecified atom stereocenters. The van der Waals surface area contributed by atoms with Crippen LogP contribution in [0, 0.1) is 5.92 Å². The summed E-state index contributed by atoms with van der Waals surface area (Å²) in [5.74, 6) is 0.864. The molecule has 1 aliphatic heterocycles. The molecule has 0 amide bonds. The van der Waals surface area contributed by atoms with Gasteiger partial charge in [0.05, 0.1) is 22.9 Å². The monoisotopic (exact) mass is 512 g/mol. The average Bonchev–Trinajstić information content (AvgIpc) is 2.89. The largest absolute Gasteiger partial charge is 0.416 e. The number of pyridine rings is 1. The molecule has 0 radical (unpaired) electrons. The first-order valence-corrected chi connectivity index (χ1v) is 13.0. The van der Waals surface area contributed by atoms with Crippen molar-refractivity contribution in [2.45, 2.75) is 69.7 Å². The quantitative estimate of drug-likeness (QED) is 0.419. The number of anilines is 1. The van der Waals surface area contributed by atoms with E-state index in [0.717, 1.165) is 25.0 Å². The molecule has 1 fully saturated rings. The first-order chi connectivity index (χ1) is 17.8. The fourth-order valence-corrected chi connectivity index (χ4v) is 5.75. The molecule has 2 atom stereocenters. The maximum absolute atomic E-state index is 14.1. The van der Waals surface area contributed by atoms with Crippen molar-refractivity contribution < 1.29 is 18.3 Å². The lowest BCUT2D eigenvalue weighted by Crippen LogP contribution is -2.37. The second-order valence-electron chi connectivity index (χ2n) is 10.1. The third kappa shape index (κ3) is 5.56. The van der Waals surface area contributed by atoms with E-state index in [0.29, 0.717) is 48.9 Å². The topological polar surface area (TPSA) is 80.0 Å². The number of hydrogen-bond acceptors (Lipinski definition) is 5. The number of fused-ring (bicyclic) bond motifs is 1. The molecule has 1 aliphatic carbocycles. The van der Waals surface area contributed by atoms with E-state index in [2.05, 4.69) is 10.3 Å². The van der Waals surface area contributed by atoms with Gasteiger partial charge in [-0.2, -0.15) is 13.2 Å². The second kappa shape index (κ2) is 10.7. The van der Waals surface area contributed by atoms with Crippen molar-refractivity contribution in [2.75, 3.05) is 11.9 Å². The highest BCUT2D eigenvalue weighted by molar-refractivity contribution is 5.81. The van der Waals surface area contributed by atoms with Crippen LogP contribution in [-0.4, -0.2) is 32.3 Å². The summed E-state index contributed by atoms with van der Waals surface area (Å²) in [6.45, 7) is 0.589. The van der Waals surface area contributed by atoms with Crippen molar-refractivity contribution >= 4 is 5.95 Å². The lowest BCUT2D eigenvalue weighted by molar-refractivity contribution is -0.137. The van der Waals surface area contributed by atoms with E-state index in [1.54, 1.807) is 24.5 Å². The van der Waals surface area contributed by atoms with E-state index in [1.165, 1.54) is 36.0 Å². The van der Waals surface area contributed by atoms with Crippen LogP contribution >= 0.6 is 0 Å². The Bertz CT molecular complexity index is 1290. The minimum absolute atomic E-state index is 0.108. The Morgan fingerprint density at radius 2 is 1.78 bits per heavy atom. The van der Waals surface area contributed by atoms with Crippen molar-refractivity contribution in [1.29, 1.82) is 0 Å². The highest BCUT2D eigenvalue weighted by Gasteiger charge is 2.33. The summed E-state index contributed by atoms with van der Waals surface area (Å²) in [7, 11) is 0. The van der Waals surface area contributed by atoms with E-state index < -0.39 is 23.4 Å². The predicted octanol–water partition coefficient (Wildman–Crippen LogP) is 6.07. The molecule has 196 valence electrons. The smallest absolute Gasteiger partial charge is 0.393 e. The normalized spacial score (nSPS) is 19.2. The van der Waals surface area contributed by atoms with Gasteiger partial charge >= 0.3 is 6.18 Å². The zero-order valence-electron chi connectivity index (χ0n) is 20.5. The Kier molecular flexibility index (Phi) is 7.33. The summed E-state index contributed by atoms with van der Waals surface area (Å²) < 4.78 is 42.1. The van der Waals surface area contributed by atoms with Gasteiger partial charge in [0.2, 0.25) is 5.95 Å². The molecule has 37 heavy (non-hydrogen) atoms. The van der Waals surface area contributed by atoms with Crippen LogP contribution in [-0.2, 0) is 6.18 Å². The molecular formula is C28H31F3N4O2. The van der Waals surface area contributed by atoms with E-state index in [4.69, 9.17) is 4.98 Å². The van der Waals surface area contributed by atoms with Gasteiger partial charge in [0.1, 0.15) is 0 Å². The maximum atomic E-state index is 14.1. The number of aromatic nitrogens is 3. The Hall–Kier alpha value is -3.20. The van der Waals surface area contributed by atoms with Gasteiger partial charge in [0.25, 0.3) is 5.56 Å². The van der Waals surface area contributed by atoms with Crippen LogP contribution in [0.5, 0.6) is 0 Å². The van der Waals surface area contributed by atoms with Gasteiger partial charge in [0.15, 0.2) is 0 Å². The lowest BCUT2D eigenvalue weighted by atomic mass is 9.84. The maximum Gasteiger partial charge on any atom is 0.416 e. The van der Waals surface area contributed by atoms with Gasteiger partial charge in [-0.3, -0.25) is 14.3 Å². The summed E-state index contributed by atoms with van der Waals surface area (Å²) in [5.41, 5.74) is -0.0975. The second-order valence-corrected chi connectivity index (χ2v) is 10.1. The Balaban J connectivity index is 1.58. The van der Waals surface area contributed by atoms with Gasteiger partial charge < -0.3 is 10.4 Å². The van der Waals surface area contributed by atoms with E-state index in [-0.39, 0.29) is 17.2 Å². The highest BCUT2D eigenvalue weighted by atomic mass is 19.4. The minimum Gasteiger partial charge on any atom is -0.393 e. The number of nitrogens with one attached hydrogen (secondary N) is 1. The summed E-state index contributed by atoms with van der Waals surface area (Å²) in [4.78, 5) is 22.8. The molecule has 0 bridgehead atoms. The van der Waals surface area contributed by atoms with Crippen LogP contribution in [0.3, 0.4) is 0 Å². The number of hydrogen-bond donors (Lipinski definition) is 2. The van der Waals surface area contributed by atoms with Crippen LogP contribution in [0.25, 0.3) is 22.4 Å². The van der Waals surface area contributed by atoms with Crippen molar-refractivity contribution in [3.05, 3.63) is 64.7 Å². The molecule has 1 aromatic carbocycles. The zero-order chi connectivity index (χ0) is 26.0. The summed E-state index contributed by atoms with van der Waals surface area (Å²) in [5, 5.41) is 14.1. The summed E-state index contributed by atoms with van der Waals surface area (Å²) in [6.07, 6.45) is 5.61. The molecule has 9 heteroatoms. The fraction of sp³-hybridized carbons (Fsp3) is 0.464. The van der Waals surface area contributed by atoms with Gasteiger partial charge in [-0.25, -0.2) is 4.98 Å². The molecule has 1 saturated carbocycles. The molecule has 3 heterocycles. The van der Waals surface area contributed by atoms with Crippen LogP contribution in [0.2, 0.25) is 0 Å². The average molecular weight is 513 g/mol. The van der Waals surface area contributed by atoms with E-state index >= 15 is 0 Å². The molecule has 2 aromatic heterocycles. The molecule has 2 aliphatic rings. The summed E-state index contributed by atoms with van der Waals surface area (Å²) >= 11 is 0. The van der Waals surface area contributed by atoms with Gasteiger partial charge in [-0.05, 0) is 55.0 Å². The standard InChI is InChI=1S/C28H31F3N4O2/c29-28(30,31)21-8-4-7-20(16-21)24-25(19-9-12-32-13-10-19)34-27-33-14-11-22(35(27)26(24)37)17-23(36)15-18-5-2-1-3-6-18/h4,7-10,12-13,16,18,22-23,36H,1-3,5-6,11,14-15,17H2,(H,33,34). The van der Waals surface area contributed by atoms with E-state index in [1.807, 2.05) is 0 Å². The van der Waals surface area contributed by atoms with Crippen LogP contribution in [0.15, 0.2) is 53.6 Å². The first-order valence-electron chi connectivity index (χ1n) is 13.0. The highest BCUT2D eigenvalue weighted by Crippen LogP contribution is 2.37. The molecule has 3 aromatic rings. The number of halogens is 3. The number of nitrogens with zero attached hydrogens (tertiary/aromatic N) is 3. The molecule has 0 spiro atoms. The SMILES string of the molecule is O=c1c(-c2cccc(C(F)(F)F)c2)c(-c2ccncc2)nc2n1C(CC(O)CC1CCCCC1)CCN2. The van der Waals surface area contributed by atoms with Crippen molar-refractivity contribution in [3.63, 3.8) is 0 Å². The molecule has 6 nitrogen and oxygen atoms in total. The van der Waals surface area contributed by atoms with E-state index in [9.17, 15) is 23.1 Å². The number of rotatable bonds is 6. The Labute approximate surface area is 213 Å². The zero-order valence-corrected chi connectivity index (χ0v) is 20.5. The summed E-state index contributed by atoms with van der Waals surface area (Å²) in [6, 6.07) is 7.88. The lowest BCUT2D eigenvalue weighted by Gasteiger charge is -2.32. The molecular weight excluding hydrogens is 481 g/mol. The van der Waals surface area contributed by atoms with Crippen LogP contribution in [0.4, 0.5) is 19.1 Å². The number of benzene rings is 1. The molecule has 5 rings (SSSR count). The molecule has 2 N–H and O–H groups in total. The van der Waals surface area contributed by atoms with Gasteiger partial charge in [-0.1, -0.05) is 44.2 Å². The molecule has 0 saturated heterocycles. The third-order valence-corrected chi connectivity index (χ3v) is 7.55. The minimum atomic E-state index is -4.54. The number of alkyl halides is 3. The predicted molar refractivity (Wildman–Crippen MR) is 136 cm³/mol. The van der Waals surface area contributed by atoms with Crippen molar-refractivity contribution in [1.82, 2.24) is 14.5 Å². The Morgan fingerprint density at radius 3 is 2.51 bits per heavy atom. The fourth-order valence-electron chi connectivity index (χ4n) is 5.75. The third-order valence-electron chi connectivity index (χ3n) is 7.55. The van der Waals surface area contributed by atoms with Crippen LogP contribution < -0.4 is 10.9 Å². The first kappa shape index (κ1) is 25.4.